The fourth-order valence-electron chi connectivity index (χ4n) is 2.98. The summed E-state index contributed by atoms with van der Waals surface area (Å²) in [4.78, 5) is 19.5. The highest BCUT2D eigenvalue weighted by molar-refractivity contribution is 5.68. The molecule has 152 valence electrons. The molecular formula is C20H19F3N4O2. The minimum absolute atomic E-state index is 0.208. The van der Waals surface area contributed by atoms with E-state index in [1.807, 2.05) is 18.2 Å². The number of hydrogen-bond acceptors (Lipinski definition) is 5. The SMILES string of the molecule is N#Cc1ccc(CCOC(=O)N2CCN(c3cc(C(F)(F)F)ccn3)CC2)cc1. The van der Waals surface area contributed by atoms with E-state index < -0.39 is 17.8 Å². The Balaban J connectivity index is 1.46. The largest absolute Gasteiger partial charge is 0.449 e. The van der Waals surface area contributed by atoms with Gasteiger partial charge in [-0.05, 0) is 29.8 Å². The summed E-state index contributed by atoms with van der Waals surface area (Å²) in [6.45, 7) is 1.64. The monoisotopic (exact) mass is 404 g/mol. The van der Waals surface area contributed by atoms with E-state index in [1.165, 1.54) is 4.90 Å². The number of hydrogen-bond donors (Lipinski definition) is 0. The first-order valence-electron chi connectivity index (χ1n) is 9.06. The number of benzene rings is 1. The van der Waals surface area contributed by atoms with Gasteiger partial charge >= 0.3 is 12.3 Å². The Bertz CT molecular complexity index is 886. The average Bonchev–Trinajstić information content (AvgIpc) is 2.74. The van der Waals surface area contributed by atoms with Crippen LogP contribution in [0.3, 0.4) is 0 Å². The summed E-state index contributed by atoms with van der Waals surface area (Å²) in [7, 11) is 0. The van der Waals surface area contributed by atoms with Crippen LogP contribution in [-0.4, -0.2) is 48.8 Å². The van der Waals surface area contributed by atoms with Gasteiger partial charge < -0.3 is 14.5 Å². The van der Waals surface area contributed by atoms with Crippen molar-refractivity contribution >= 4 is 11.9 Å². The second-order valence-corrected chi connectivity index (χ2v) is 6.55. The Kier molecular flexibility index (Phi) is 6.22. The van der Waals surface area contributed by atoms with E-state index in [1.54, 1.807) is 17.0 Å². The Hall–Kier alpha value is -3.28. The predicted octanol–water partition coefficient (Wildman–Crippen LogP) is 3.47. The zero-order valence-corrected chi connectivity index (χ0v) is 15.5. The number of anilines is 1. The number of pyridine rings is 1. The van der Waals surface area contributed by atoms with E-state index in [0.717, 1.165) is 23.9 Å². The number of rotatable bonds is 4. The van der Waals surface area contributed by atoms with Crippen LogP contribution in [0.2, 0.25) is 0 Å². The lowest BCUT2D eigenvalue weighted by Gasteiger charge is -2.34. The molecule has 1 aliphatic heterocycles. The summed E-state index contributed by atoms with van der Waals surface area (Å²) >= 11 is 0. The van der Waals surface area contributed by atoms with Crippen LogP contribution in [0.4, 0.5) is 23.8 Å². The van der Waals surface area contributed by atoms with Crippen molar-refractivity contribution in [1.82, 2.24) is 9.88 Å². The van der Waals surface area contributed by atoms with Gasteiger partial charge in [0, 0.05) is 38.8 Å². The van der Waals surface area contributed by atoms with Gasteiger partial charge in [0.15, 0.2) is 0 Å². The smallest absolute Gasteiger partial charge is 0.416 e. The summed E-state index contributed by atoms with van der Waals surface area (Å²) in [6, 6.07) is 11.0. The fraction of sp³-hybridized carbons (Fsp3) is 0.350. The van der Waals surface area contributed by atoms with Crippen LogP contribution in [0.15, 0.2) is 42.6 Å². The molecule has 1 saturated heterocycles. The van der Waals surface area contributed by atoms with Crippen LogP contribution < -0.4 is 4.90 Å². The van der Waals surface area contributed by atoms with Crippen molar-refractivity contribution in [2.45, 2.75) is 12.6 Å². The van der Waals surface area contributed by atoms with E-state index in [-0.39, 0.29) is 12.4 Å². The Morgan fingerprint density at radius 1 is 1.14 bits per heavy atom. The maximum Gasteiger partial charge on any atom is 0.416 e. The van der Waals surface area contributed by atoms with E-state index >= 15 is 0 Å². The highest BCUT2D eigenvalue weighted by Crippen LogP contribution is 2.30. The molecular weight excluding hydrogens is 385 g/mol. The summed E-state index contributed by atoms with van der Waals surface area (Å²) in [5, 5.41) is 8.78. The normalized spacial score (nSPS) is 14.4. The predicted molar refractivity (Wildman–Crippen MR) is 99.2 cm³/mol. The zero-order chi connectivity index (χ0) is 20.9. The van der Waals surface area contributed by atoms with Crippen molar-refractivity contribution < 1.29 is 22.7 Å². The number of nitrogens with zero attached hydrogens (tertiary/aromatic N) is 4. The van der Waals surface area contributed by atoms with Gasteiger partial charge in [0.2, 0.25) is 0 Å². The molecule has 0 unspecified atom stereocenters. The first-order valence-corrected chi connectivity index (χ1v) is 9.06. The molecule has 1 aliphatic rings. The van der Waals surface area contributed by atoms with E-state index in [2.05, 4.69) is 4.98 Å². The number of piperazine rings is 1. The van der Waals surface area contributed by atoms with Crippen molar-refractivity contribution in [3.63, 3.8) is 0 Å². The summed E-state index contributed by atoms with van der Waals surface area (Å²) in [5.74, 6) is 0.244. The molecule has 0 bridgehead atoms. The van der Waals surface area contributed by atoms with Gasteiger partial charge in [-0.1, -0.05) is 12.1 Å². The number of alkyl halides is 3. The van der Waals surface area contributed by atoms with Crippen LogP contribution in [0.5, 0.6) is 0 Å². The third kappa shape index (κ3) is 5.38. The van der Waals surface area contributed by atoms with Crippen molar-refractivity contribution in [1.29, 1.82) is 5.26 Å². The summed E-state index contributed by atoms with van der Waals surface area (Å²) in [6.07, 6.45) is -3.19. The van der Waals surface area contributed by atoms with Gasteiger partial charge in [0.1, 0.15) is 5.82 Å². The highest BCUT2D eigenvalue weighted by atomic mass is 19.4. The van der Waals surface area contributed by atoms with Crippen molar-refractivity contribution in [2.24, 2.45) is 0 Å². The molecule has 2 aromatic rings. The van der Waals surface area contributed by atoms with E-state index in [0.29, 0.717) is 38.2 Å². The lowest BCUT2D eigenvalue weighted by atomic mass is 10.1. The fourth-order valence-corrected chi connectivity index (χ4v) is 2.98. The quantitative estimate of drug-likeness (QED) is 0.781. The number of halogens is 3. The maximum atomic E-state index is 12.9. The van der Waals surface area contributed by atoms with Gasteiger partial charge in [0.05, 0.1) is 23.8 Å². The molecule has 3 rings (SSSR count). The van der Waals surface area contributed by atoms with Gasteiger partial charge in [-0.2, -0.15) is 18.4 Å². The van der Waals surface area contributed by atoms with Crippen LogP contribution in [0.1, 0.15) is 16.7 Å². The first kappa shape index (κ1) is 20.5. The zero-order valence-electron chi connectivity index (χ0n) is 15.5. The molecule has 0 radical (unpaired) electrons. The second kappa shape index (κ2) is 8.82. The molecule has 9 heteroatoms. The number of aromatic nitrogens is 1. The molecule has 0 saturated carbocycles. The van der Waals surface area contributed by atoms with Crippen molar-refractivity contribution in [3.05, 3.63) is 59.3 Å². The van der Waals surface area contributed by atoms with E-state index in [4.69, 9.17) is 10.00 Å². The Morgan fingerprint density at radius 2 is 1.83 bits per heavy atom. The Labute approximate surface area is 166 Å². The lowest BCUT2D eigenvalue weighted by molar-refractivity contribution is -0.137. The molecule has 29 heavy (non-hydrogen) atoms. The van der Waals surface area contributed by atoms with Crippen LogP contribution in [0, 0.1) is 11.3 Å². The molecule has 0 N–H and O–H groups in total. The van der Waals surface area contributed by atoms with Crippen molar-refractivity contribution in [2.75, 3.05) is 37.7 Å². The lowest BCUT2D eigenvalue weighted by Crippen LogP contribution is -2.49. The van der Waals surface area contributed by atoms with Gasteiger partial charge in [0.25, 0.3) is 0 Å². The molecule has 0 aliphatic carbocycles. The third-order valence-corrected chi connectivity index (χ3v) is 4.63. The molecule has 1 fully saturated rings. The molecule has 1 aromatic heterocycles. The molecule has 0 spiro atoms. The molecule has 1 aromatic carbocycles. The number of nitriles is 1. The van der Waals surface area contributed by atoms with Crippen LogP contribution >= 0.6 is 0 Å². The minimum atomic E-state index is -4.42. The molecule has 6 nitrogen and oxygen atoms in total. The minimum Gasteiger partial charge on any atom is -0.449 e. The number of carbonyl (C=O) groups excluding carboxylic acids is 1. The van der Waals surface area contributed by atoms with Crippen LogP contribution in [0.25, 0.3) is 0 Å². The topological polar surface area (TPSA) is 69.5 Å². The third-order valence-electron chi connectivity index (χ3n) is 4.63. The highest BCUT2D eigenvalue weighted by Gasteiger charge is 2.31. The molecule has 2 heterocycles. The van der Waals surface area contributed by atoms with Gasteiger partial charge in [-0.3, -0.25) is 0 Å². The standard InChI is InChI=1S/C20H19F3N4O2/c21-20(22,23)17-5-7-25-18(13-17)26-8-10-27(11-9-26)19(28)29-12-6-15-1-3-16(14-24)4-2-15/h1-5,7,13H,6,8-12H2. The Morgan fingerprint density at radius 3 is 2.45 bits per heavy atom. The van der Waals surface area contributed by atoms with Crippen molar-refractivity contribution in [3.8, 4) is 6.07 Å². The van der Waals surface area contributed by atoms with Gasteiger partial charge in [-0.25, -0.2) is 9.78 Å². The van der Waals surface area contributed by atoms with Gasteiger partial charge in [-0.15, -0.1) is 0 Å². The first-order chi connectivity index (χ1) is 13.9. The van der Waals surface area contributed by atoms with Crippen LogP contribution in [-0.2, 0) is 17.3 Å². The maximum absolute atomic E-state index is 12.9. The van der Waals surface area contributed by atoms with E-state index in [9.17, 15) is 18.0 Å². The number of ether oxygens (including phenoxy) is 1. The summed E-state index contributed by atoms with van der Waals surface area (Å²) in [5.41, 5.74) is 0.781. The molecule has 1 amide bonds. The summed E-state index contributed by atoms with van der Waals surface area (Å²) < 4.78 is 43.8. The molecule has 0 atom stereocenters. The number of carbonyl (C=O) groups is 1. The number of amides is 1. The average molecular weight is 404 g/mol. The second-order valence-electron chi connectivity index (χ2n) is 6.55.